The third-order valence-electron chi connectivity index (χ3n) is 6.14. The Morgan fingerprint density at radius 2 is 2.09 bits per heavy atom. The van der Waals surface area contributed by atoms with Gasteiger partial charge in [-0.25, -0.2) is 4.98 Å². The smallest absolute Gasteiger partial charge is 0.193 e. The summed E-state index contributed by atoms with van der Waals surface area (Å²) < 4.78 is 12.0. The Bertz CT molecular complexity index is 796. The Kier molecular flexibility index (Phi) is 10.5. The maximum Gasteiger partial charge on any atom is 0.193 e. The van der Waals surface area contributed by atoms with E-state index in [-0.39, 0.29) is 24.0 Å². The number of hydrogen-bond acceptors (Lipinski definition) is 4. The lowest BCUT2D eigenvalue weighted by Gasteiger charge is -2.35. The minimum Gasteiger partial charge on any atom is -0.376 e. The lowest BCUT2D eigenvalue weighted by Crippen LogP contribution is -2.47. The molecule has 3 heterocycles. The number of aryl methyl sites for hydroxylation is 1. The van der Waals surface area contributed by atoms with E-state index in [1.807, 2.05) is 18.2 Å². The van der Waals surface area contributed by atoms with Crippen molar-refractivity contribution in [2.75, 3.05) is 39.4 Å². The van der Waals surface area contributed by atoms with Gasteiger partial charge in [0.05, 0.1) is 29.8 Å². The summed E-state index contributed by atoms with van der Waals surface area (Å²) in [5.74, 6) is 2.07. The largest absolute Gasteiger partial charge is 0.376 e. The molecule has 2 saturated heterocycles. The summed E-state index contributed by atoms with van der Waals surface area (Å²) in [6.45, 7) is 7.44. The van der Waals surface area contributed by atoms with Gasteiger partial charge in [0.1, 0.15) is 5.82 Å². The number of piperidine rings is 1. The monoisotopic (exact) mass is 555 g/mol. The first-order chi connectivity index (χ1) is 15.3. The number of nitrogens with one attached hydrogen (secondary N) is 2. The van der Waals surface area contributed by atoms with E-state index in [0.29, 0.717) is 12.2 Å². The van der Waals surface area contributed by atoms with Crippen molar-refractivity contribution in [1.29, 1.82) is 0 Å². The molecular formula is C24H38IN5O2. The van der Waals surface area contributed by atoms with Crippen molar-refractivity contribution in [3.05, 3.63) is 30.1 Å². The van der Waals surface area contributed by atoms with Crippen LogP contribution in [-0.2, 0) is 15.9 Å². The first-order valence-electron chi connectivity index (χ1n) is 12.0. The number of H-pyrrole nitrogens is 1. The van der Waals surface area contributed by atoms with Gasteiger partial charge in [0.15, 0.2) is 5.96 Å². The van der Waals surface area contributed by atoms with E-state index in [1.54, 1.807) is 0 Å². The van der Waals surface area contributed by atoms with Gasteiger partial charge in [0, 0.05) is 39.2 Å². The molecule has 1 unspecified atom stereocenters. The van der Waals surface area contributed by atoms with Crippen LogP contribution in [-0.4, -0.2) is 72.4 Å². The third-order valence-corrected chi connectivity index (χ3v) is 6.14. The van der Waals surface area contributed by atoms with Gasteiger partial charge in [-0.15, -0.1) is 24.0 Å². The van der Waals surface area contributed by atoms with E-state index in [9.17, 15) is 0 Å². The molecular weight excluding hydrogens is 517 g/mol. The second-order valence-electron chi connectivity index (χ2n) is 8.55. The number of ether oxygens (including phenoxy) is 2. The zero-order valence-corrected chi connectivity index (χ0v) is 21.6. The van der Waals surface area contributed by atoms with Crippen LogP contribution >= 0.6 is 24.0 Å². The van der Waals surface area contributed by atoms with E-state index in [2.05, 4.69) is 33.2 Å². The molecule has 7 nitrogen and oxygen atoms in total. The highest BCUT2D eigenvalue weighted by atomic mass is 127. The Labute approximate surface area is 208 Å². The predicted molar refractivity (Wildman–Crippen MR) is 140 cm³/mol. The quantitative estimate of drug-likeness (QED) is 0.222. The van der Waals surface area contributed by atoms with Crippen molar-refractivity contribution in [2.24, 2.45) is 4.99 Å². The van der Waals surface area contributed by atoms with Gasteiger partial charge in [-0.3, -0.25) is 4.99 Å². The van der Waals surface area contributed by atoms with Crippen LogP contribution in [0.4, 0.5) is 0 Å². The molecule has 1 aromatic heterocycles. The van der Waals surface area contributed by atoms with E-state index < -0.39 is 0 Å². The van der Waals surface area contributed by atoms with E-state index in [4.69, 9.17) is 14.5 Å². The van der Waals surface area contributed by atoms with Crippen LogP contribution < -0.4 is 5.32 Å². The molecule has 8 heteroatoms. The van der Waals surface area contributed by atoms with Gasteiger partial charge in [-0.1, -0.05) is 12.1 Å². The van der Waals surface area contributed by atoms with Crippen molar-refractivity contribution in [3.8, 4) is 0 Å². The van der Waals surface area contributed by atoms with Crippen LogP contribution in [0, 0.1) is 0 Å². The molecule has 2 aliphatic heterocycles. The second-order valence-corrected chi connectivity index (χ2v) is 8.55. The highest BCUT2D eigenvalue weighted by molar-refractivity contribution is 14.0. The summed E-state index contributed by atoms with van der Waals surface area (Å²) in [4.78, 5) is 15.3. The third kappa shape index (κ3) is 7.31. The number of fused-ring (bicyclic) bond motifs is 1. The number of aromatic nitrogens is 2. The lowest BCUT2D eigenvalue weighted by molar-refractivity contribution is -0.0721. The number of nitrogens with zero attached hydrogens (tertiary/aromatic N) is 3. The second kappa shape index (κ2) is 13.3. The van der Waals surface area contributed by atoms with Gasteiger partial charge in [0.25, 0.3) is 0 Å². The number of rotatable bonds is 8. The van der Waals surface area contributed by atoms with Crippen LogP contribution in [0.15, 0.2) is 29.3 Å². The molecule has 0 bridgehead atoms. The zero-order chi connectivity index (χ0) is 21.3. The molecule has 1 aromatic carbocycles. The van der Waals surface area contributed by atoms with Crippen molar-refractivity contribution >= 4 is 41.0 Å². The molecule has 1 atom stereocenters. The number of para-hydroxylation sites is 2. The van der Waals surface area contributed by atoms with Gasteiger partial charge < -0.3 is 24.7 Å². The maximum absolute atomic E-state index is 6.16. The number of guanidine groups is 1. The maximum atomic E-state index is 6.16. The predicted octanol–water partition coefficient (Wildman–Crippen LogP) is 4.13. The summed E-state index contributed by atoms with van der Waals surface area (Å²) in [6.07, 6.45) is 8.25. The van der Waals surface area contributed by atoms with Gasteiger partial charge in [-0.05, 0) is 57.6 Å². The molecule has 2 aliphatic rings. The fourth-order valence-electron chi connectivity index (χ4n) is 4.40. The Balaban J connectivity index is 0.00000289. The summed E-state index contributed by atoms with van der Waals surface area (Å²) in [7, 11) is 0. The standard InChI is InChI=1S/C24H37N5O2.HI/c1-2-25-24(26-14-7-11-23-27-21-9-3-4-10-22(21)28-23)29-15-12-19(13-16-29)31-18-20-8-5-6-17-30-20;/h3-4,9-10,19-20H,2,5-8,11-18H2,1H3,(H,25,26)(H,27,28);1H. The number of aromatic amines is 1. The fourth-order valence-corrected chi connectivity index (χ4v) is 4.40. The zero-order valence-electron chi connectivity index (χ0n) is 19.2. The summed E-state index contributed by atoms with van der Waals surface area (Å²) in [6, 6.07) is 8.18. The van der Waals surface area contributed by atoms with E-state index in [1.165, 1.54) is 12.8 Å². The number of aliphatic imine (C=N–C) groups is 1. The number of benzene rings is 1. The molecule has 0 spiro atoms. The molecule has 0 amide bonds. The highest BCUT2D eigenvalue weighted by Crippen LogP contribution is 2.18. The fraction of sp³-hybridized carbons (Fsp3) is 0.667. The molecule has 0 radical (unpaired) electrons. The topological polar surface area (TPSA) is 74.8 Å². The molecule has 32 heavy (non-hydrogen) atoms. The number of halogens is 1. The SMILES string of the molecule is CCNC(=NCCCc1nc2ccccc2[nH]1)N1CCC(OCC2CCCCO2)CC1.I. The van der Waals surface area contributed by atoms with E-state index in [0.717, 1.165) is 94.3 Å². The number of likely N-dealkylation sites (tertiary alicyclic amines) is 1. The molecule has 4 rings (SSSR count). The van der Waals surface area contributed by atoms with Gasteiger partial charge >= 0.3 is 0 Å². The van der Waals surface area contributed by atoms with Crippen LogP contribution in [0.3, 0.4) is 0 Å². The van der Waals surface area contributed by atoms with Crippen molar-refractivity contribution in [3.63, 3.8) is 0 Å². The minimum atomic E-state index is 0. The normalized spacial score (nSPS) is 20.3. The van der Waals surface area contributed by atoms with Gasteiger partial charge in [0.2, 0.25) is 0 Å². The Morgan fingerprint density at radius 3 is 2.84 bits per heavy atom. The van der Waals surface area contributed by atoms with Crippen LogP contribution in [0.1, 0.15) is 51.3 Å². The molecule has 2 N–H and O–H groups in total. The molecule has 178 valence electrons. The van der Waals surface area contributed by atoms with Gasteiger partial charge in [-0.2, -0.15) is 0 Å². The van der Waals surface area contributed by atoms with Crippen LogP contribution in [0.2, 0.25) is 0 Å². The molecule has 0 aliphatic carbocycles. The summed E-state index contributed by atoms with van der Waals surface area (Å²) in [5, 5.41) is 3.46. The van der Waals surface area contributed by atoms with Crippen molar-refractivity contribution in [2.45, 2.75) is 64.1 Å². The molecule has 0 saturated carbocycles. The number of imidazole rings is 1. The van der Waals surface area contributed by atoms with Crippen LogP contribution in [0.5, 0.6) is 0 Å². The molecule has 2 fully saturated rings. The summed E-state index contributed by atoms with van der Waals surface area (Å²) >= 11 is 0. The average Bonchev–Trinajstić information content (AvgIpc) is 3.24. The lowest BCUT2D eigenvalue weighted by atomic mass is 10.1. The molecule has 2 aromatic rings. The first-order valence-corrected chi connectivity index (χ1v) is 12.0. The van der Waals surface area contributed by atoms with E-state index >= 15 is 0 Å². The van der Waals surface area contributed by atoms with Crippen molar-refractivity contribution in [1.82, 2.24) is 20.2 Å². The Morgan fingerprint density at radius 1 is 1.25 bits per heavy atom. The van der Waals surface area contributed by atoms with Crippen molar-refractivity contribution < 1.29 is 9.47 Å². The number of hydrogen-bond donors (Lipinski definition) is 2. The highest BCUT2D eigenvalue weighted by Gasteiger charge is 2.23. The first kappa shape index (κ1) is 25.2. The summed E-state index contributed by atoms with van der Waals surface area (Å²) in [5.41, 5.74) is 2.14. The Hall–Kier alpha value is -1.39. The average molecular weight is 556 g/mol. The van der Waals surface area contributed by atoms with Crippen LogP contribution in [0.25, 0.3) is 11.0 Å². The minimum absolute atomic E-state index is 0.